The Morgan fingerprint density at radius 2 is 1.71 bits per heavy atom. The number of hydrogen-bond donors (Lipinski definition) is 2. The summed E-state index contributed by atoms with van der Waals surface area (Å²) < 4.78 is 8.17. The Balaban J connectivity index is 1.26. The summed E-state index contributed by atoms with van der Waals surface area (Å²) in [6, 6.07) is 27.0. The summed E-state index contributed by atoms with van der Waals surface area (Å²) >= 11 is 0. The fourth-order valence-corrected chi connectivity index (χ4v) is 6.73. The number of ether oxygens (including phenoxy) is 1. The number of hydrogen-bond acceptors (Lipinski definition) is 5. The molecule has 0 unspecified atom stereocenters. The van der Waals surface area contributed by atoms with Crippen LogP contribution in [0.25, 0.3) is 32.9 Å². The number of imidazole rings is 1. The molecule has 250 valence electrons. The third-order valence-electron chi connectivity index (χ3n) is 9.14. The van der Waals surface area contributed by atoms with Crippen LogP contribution in [-0.2, 0) is 22.5 Å². The minimum Gasteiger partial charge on any atom is -0.456 e. The Morgan fingerprint density at radius 1 is 0.938 bits per heavy atom. The maximum Gasteiger partial charge on any atom is 0.339 e. The molecule has 2 N–H and O–H groups in total. The minimum absolute atomic E-state index is 0.0421. The van der Waals surface area contributed by atoms with Crippen molar-refractivity contribution in [3.63, 3.8) is 0 Å². The van der Waals surface area contributed by atoms with Crippen molar-refractivity contribution < 1.29 is 14.3 Å². The number of amides is 1. The number of fused-ring (bicyclic) bond motifs is 2. The van der Waals surface area contributed by atoms with Gasteiger partial charge in [0.05, 0.1) is 23.1 Å². The standard InChI is InChI=1S/C41H48N4O3/c1-5-6-16-37-44-35-24-22-32(42-26-38(46)43-31-13-8-7-9-14-31)25-36(35)45(37)27-28-17-19-30(20-18-28)34-23-21-29-12-10-11-15-33(29)39(34)40(47)48-41(2,3)4/h10-12,15,17-25,31,42H,5-9,13-14,16,26-27H2,1-4H3,(H,43,46). The van der Waals surface area contributed by atoms with Crippen molar-refractivity contribution in [2.45, 2.75) is 97.2 Å². The highest BCUT2D eigenvalue weighted by Crippen LogP contribution is 2.33. The van der Waals surface area contributed by atoms with Crippen LogP contribution in [0.1, 0.15) is 94.4 Å². The van der Waals surface area contributed by atoms with E-state index >= 15 is 0 Å². The Hall–Kier alpha value is -4.65. The van der Waals surface area contributed by atoms with Crippen molar-refractivity contribution in [1.29, 1.82) is 0 Å². The fraction of sp³-hybridized carbons (Fsp3) is 0.390. The lowest BCUT2D eigenvalue weighted by Crippen LogP contribution is -2.39. The monoisotopic (exact) mass is 644 g/mol. The molecule has 0 radical (unpaired) electrons. The molecule has 0 aliphatic heterocycles. The van der Waals surface area contributed by atoms with Gasteiger partial charge in [-0.3, -0.25) is 4.79 Å². The van der Waals surface area contributed by atoms with Crippen LogP contribution in [0.5, 0.6) is 0 Å². The summed E-state index contributed by atoms with van der Waals surface area (Å²) in [6.45, 7) is 8.80. The molecule has 4 aromatic carbocycles. The summed E-state index contributed by atoms with van der Waals surface area (Å²) in [4.78, 5) is 31.2. The summed E-state index contributed by atoms with van der Waals surface area (Å²) in [5, 5.41) is 8.43. The van der Waals surface area contributed by atoms with Gasteiger partial charge in [0.25, 0.3) is 0 Å². The minimum atomic E-state index is -0.602. The molecule has 0 atom stereocenters. The van der Waals surface area contributed by atoms with Crippen molar-refractivity contribution in [2.24, 2.45) is 0 Å². The zero-order valence-electron chi connectivity index (χ0n) is 28.8. The van der Waals surface area contributed by atoms with Crippen LogP contribution in [0.4, 0.5) is 5.69 Å². The predicted molar refractivity (Wildman–Crippen MR) is 196 cm³/mol. The van der Waals surface area contributed by atoms with E-state index in [0.717, 1.165) is 82.1 Å². The Kier molecular flexibility index (Phi) is 10.1. The van der Waals surface area contributed by atoms with E-state index in [-0.39, 0.29) is 18.4 Å². The molecule has 6 rings (SSSR count). The molecule has 1 amide bonds. The van der Waals surface area contributed by atoms with Crippen LogP contribution in [0.3, 0.4) is 0 Å². The molecule has 7 nitrogen and oxygen atoms in total. The number of nitrogens with zero attached hydrogens (tertiary/aromatic N) is 2. The third kappa shape index (κ3) is 7.89. The predicted octanol–water partition coefficient (Wildman–Crippen LogP) is 9.06. The van der Waals surface area contributed by atoms with Gasteiger partial charge in [-0.25, -0.2) is 9.78 Å². The number of aromatic nitrogens is 2. The van der Waals surface area contributed by atoms with Gasteiger partial charge >= 0.3 is 5.97 Å². The van der Waals surface area contributed by atoms with Crippen LogP contribution in [0.2, 0.25) is 0 Å². The van der Waals surface area contributed by atoms with Gasteiger partial charge < -0.3 is 19.9 Å². The first-order valence-corrected chi connectivity index (χ1v) is 17.6. The SMILES string of the molecule is CCCCc1nc2ccc(NCC(=O)NC3CCCCC3)cc2n1Cc1ccc(-c2ccc3ccccc3c2C(=O)OC(C)(C)C)cc1. The molecule has 1 saturated carbocycles. The van der Waals surface area contributed by atoms with Gasteiger partial charge in [0.2, 0.25) is 5.91 Å². The molecule has 48 heavy (non-hydrogen) atoms. The summed E-state index contributed by atoms with van der Waals surface area (Å²) in [5.74, 6) is 0.782. The molecule has 0 saturated heterocycles. The van der Waals surface area contributed by atoms with Gasteiger partial charge in [0, 0.05) is 24.7 Å². The van der Waals surface area contributed by atoms with Gasteiger partial charge in [-0.15, -0.1) is 0 Å². The van der Waals surface area contributed by atoms with Crippen LogP contribution in [0.15, 0.2) is 78.9 Å². The van der Waals surface area contributed by atoms with E-state index in [0.29, 0.717) is 18.2 Å². The van der Waals surface area contributed by atoms with Crippen LogP contribution in [0, 0.1) is 0 Å². The zero-order valence-corrected chi connectivity index (χ0v) is 28.8. The molecule has 0 spiro atoms. The summed E-state index contributed by atoms with van der Waals surface area (Å²) in [7, 11) is 0. The highest BCUT2D eigenvalue weighted by molar-refractivity contribution is 6.10. The Morgan fingerprint density at radius 3 is 2.46 bits per heavy atom. The smallest absolute Gasteiger partial charge is 0.339 e. The summed E-state index contributed by atoms with van der Waals surface area (Å²) in [6.07, 6.45) is 8.85. The average Bonchev–Trinajstić information content (AvgIpc) is 3.41. The average molecular weight is 645 g/mol. The van der Waals surface area contributed by atoms with E-state index in [2.05, 4.69) is 58.5 Å². The van der Waals surface area contributed by atoms with Gasteiger partial charge in [0.1, 0.15) is 11.4 Å². The second-order valence-corrected chi connectivity index (χ2v) is 14.1. The van der Waals surface area contributed by atoms with E-state index < -0.39 is 5.60 Å². The lowest BCUT2D eigenvalue weighted by atomic mass is 9.93. The van der Waals surface area contributed by atoms with E-state index in [1.54, 1.807) is 0 Å². The molecule has 1 aliphatic rings. The van der Waals surface area contributed by atoms with Crippen molar-refractivity contribution in [3.05, 3.63) is 95.8 Å². The maximum absolute atomic E-state index is 13.5. The van der Waals surface area contributed by atoms with Gasteiger partial charge in [0.15, 0.2) is 0 Å². The molecular weight excluding hydrogens is 596 g/mol. The number of benzene rings is 4. The van der Waals surface area contributed by atoms with E-state index in [1.165, 1.54) is 19.3 Å². The number of aryl methyl sites for hydroxylation is 1. The normalized spacial score (nSPS) is 13.9. The number of anilines is 1. The molecule has 1 fully saturated rings. The quantitative estimate of drug-likeness (QED) is 0.140. The second-order valence-electron chi connectivity index (χ2n) is 14.1. The molecular formula is C41H48N4O3. The van der Waals surface area contributed by atoms with Crippen molar-refractivity contribution in [1.82, 2.24) is 14.9 Å². The third-order valence-corrected chi connectivity index (χ3v) is 9.14. The second kappa shape index (κ2) is 14.6. The highest BCUT2D eigenvalue weighted by Gasteiger charge is 2.23. The Labute approximate surface area is 284 Å². The first-order chi connectivity index (χ1) is 23.2. The number of unbranched alkanes of at least 4 members (excludes halogenated alkanes) is 1. The van der Waals surface area contributed by atoms with Crippen LogP contribution < -0.4 is 10.6 Å². The topological polar surface area (TPSA) is 85.3 Å². The van der Waals surface area contributed by atoms with Crippen molar-refractivity contribution in [3.8, 4) is 11.1 Å². The number of esters is 1. The zero-order chi connectivity index (χ0) is 33.7. The van der Waals surface area contributed by atoms with Crippen LogP contribution in [-0.4, -0.2) is 39.6 Å². The largest absolute Gasteiger partial charge is 0.456 e. The van der Waals surface area contributed by atoms with Gasteiger partial charge in [-0.1, -0.05) is 93.3 Å². The first kappa shape index (κ1) is 33.3. The fourth-order valence-electron chi connectivity index (χ4n) is 6.73. The van der Waals surface area contributed by atoms with Crippen molar-refractivity contribution >= 4 is 39.4 Å². The van der Waals surface area contributed by atoms with E-state index in [9.17, 15) is 9.59 Å². The molecule has 1 heterocycles. The van der Waals surface area contributed by atoms with Crippen LogP contribution >= 0.6 is 0 Å². The van der Waals surface area contributed by atoms with E-state index in [1.807, 2.05) is 63.2 Å². The van der Waals surface area contributed by atoms with Gasteiger partial charge in [-0.05, 0) is 85.7 Å². The molecule has 1 aliphatic carbocycles. The highest BCUT2D eigenvalue weighted by atomic mass is 16.6. The lowest BCUT2D eigenvalue weighted by molar-refractivity contribution is -0.120. The molecule has 1 aromatic heterocycles. The first-order valence-electron chi connectivity index (χ1n) is 17.6. The lowest BCUT2D eigenvalue weighted by Gasteiger charge is -2.22. The molecule has 0 bridgehead atoms. The van der Waals surface area contributed by atoms with E-state index in [4.69, 9.17) is 9.72 Å². The van der Waals surface area contributed by atoms with Gasteiger partial charge in [-0.2, -0.15) is 0 Å². The maximum atomic E-state index is 13.5. The number of carbonyl (C=O) groups is 2. The number of carbonyl (C=O) groups excluding carboxylic acids is 2. The van der Waals surface area contributed by atoms with Crippen molar-refractivity contribution in [2.75, 3.05) is 11.9 Å². The molecule has 7 heteroatoms. The number of nitrogens with one attached hydrogen (secondary N) is 2. The molecule has 5 aromatic rings. The number of rotatable bonds is 11. The summed E-state index contributed by atoms with van der Waals surface area (Å²) in [5.41, 5.74) is 5.85. The Bertz CT molecular complexity index is 1900.